The molecule has 0 saturated heterocycles. The van der Waals surface area contributed by atoms with E-state index in [1.165, 1.54) is 16.1 Å². The van der Waals surface area contributed by atoms with Crippen molar-refractivity contribution in [3.63, 3.8) is 0 Å². The third-order valence-electron chi connectivity index (χ3n) is 2.19. The largest absolute Gasteiger partial charge is 0.282 e. The molecular weight excluding hydrogens is 260 g/mol. The summed E-state index contributed by atoms with van der Waals surface area (Å²) in [5, 5.41) is 10.4. The fraction of sp³-hybridized carbons (Fsp3) is 0.300. The molecular formula is C10H11BrN2S. The topological polar surface area (TPSA) is 28.7 Å². The number of aryl methyl sites for hydroxylation is 1. The van der Waals surface area contributed by atoms with Gasteiger partial charge in [-0.1, -0.05) is 28.9 Å². The quantitative estimate of drug-likeness (QED) is 0.849. The van der Waals surface area contributed by atoms with Crippen molar-refractivity contribution in [1.82, 2.24) is 10.2 Å². The first-order chi connectivity index (χ1) is 6.86. The molecule has 0 spiro atoms. The molecule has 4 heteroatoms. The van der Waals surface area contributed by atoms with Crippen LogP contribution in [0.15, 0.2) is 17.5 Å². The lowest BCUT2D eigenvalue weighted by molar-refractivity contribution is 0.969. The van der Waals surface area contributed by atoms with Crippen molar-refractivity contribution < 1.29 is 0 Å². The number of rotatable bonds is 3. The van der Waals surface area contributed by atoms with E-state index in [4.69, 9.17) is 0 Å². The van der Waals surface area contributed by atoms with E-state index in [0.29, 0.717) is 0 Å². The van der Waals surface area contributed by atoms with Crippen LogP contribution in [0.25, 0.3) is 10.6 Å². The molecule has 0 atom stereocenters. The van der Waals surface area contributed by atoms with Crippen LogP contribution in [0.3, 0.4) is 0 Å². The Balaban J connectivity index is 2.48. The maximum Gasteiger partial charge on any atom is 0.106 e. The summed E-state index contributed by atoms with van der Waals surface area (Å²) >= 11 is 5.24. The van der Waals surface area contributed by atoms with E-state index in [1.54, 1.807) is 11.3 Å². The number of aromatic amines is 1. The van der Waals surface area contributed by atoms with Crippen LogP contribution in [-0.2, 0) is 11.8 Å². The Morgan fingerprint density at radius 3 is 3.00 bits per heavy atom. The Labute approximate surface area is 95.5 Å². The van der Waals surface area contributed by atoms with Crippen molar-refractivity contribution in [2.75, 3.05) is 0 Å². The zero-order chi connectivity index (χ0) is 9.97. The lowest BCUT2D eigenvalue weighted by Gasteiger charge is -1.97. The van der Waals surface area contributed by atoms with Gasteiger partial charge in [0.2, 0.25) is 0 Å². The molecule has 2 rings (SSSR count). The van der Waals surface area contributed by atoms with E-state index in [-0.39, 0.29) is 0 Å². The van der Waals surface area contributed by atoms with Crippen molar-refractivity contribution in [2.45, 2.75) is 18.7 Å². The Morgan fingerprint density at radius 2 is 2.43 bits per heavy atom. The van der Waals surface area contributed by atoms with Gasteiger partial charge in [0.05, 0.1) is 4.88 Å². The Hall–Kier alpha value is -0.610. The van der Waals surface area contributed by atoms with E-state index in [0.717, 1.165) is 17.4 Å². The number of halogens is 1. The van der Waals surface area contributed by atoms with Gasteiger partial charge in [-0.05, 0) is 17.9 Å². The molecule has 0 aliphatic carbocycles. The lowest BCUT2D eigenvalue weighted by atomic mass is 10.1. The monoisotopic (exact) mass is 270 g/mol. The number of hydrogen-bond donors (Lipinski definition) is 1. The van der Waals surface area contributed by atoms with Gasteiger partial charge in [0, 0.05) is 16.6 Å². The normalized spacial score (nSPS) is 10.7. The number of thiophene rings is 1. The molecule has 0 fully saturated rings. The second-order valence-corrected chi connectivity index (χ2v) is 4.50. The van der Waals surface area contributed by atoms with Crippen molar-refractivity contribution in [1.29, 1.82) is 0 Å². The second-order valence-electron chi connectivity index (χ2n) is 2.99. The molecule has 14 heavy (non-hydrogen) atoms. The van der Waals surface area contributed by atoms with E-state index in [2.05, 4.69) is 50.6 Å². The van der Waals surface area contributed by atoms with Crippen LogP contribution in [0.2, 0.25) is 0 Å². The predicted octanol–water partition coefficient (Wildman–Crippen LogP) is 3.60. The molecule has 2 nitrogen and oxygen atoms in total. The minimum Gasteiger partial charge on any atom is -0.282 e. The van der Waals surface area contributed by atoms with Crippen LogP contribution in [0.1, 0.15) is 18.2 Å². The zero-order valence-electron chi connectivity index (χ0n) is 7.88. The van der Waals surface area contributed by atoms with Crippen LogP contribution in [0.4, 0.5) is 0 Å². The number of aromatic nitrogens is 2. The molecule has 0 aliphatic rings. The molecule has 0 unspecified atom stereocenters. The Morgan fingerprint density at radius 1 is 1.57 bits per heavy atom. The van der Waals surface area contributed by atoms with Gasteiger partial charge in [0.1, 0.15) is 5.69 Å². The van der Waals surface area contributed by atoms with Gasteiger partial charge in [-0.25, -0.2) is 0 Å². The van der Waals surface area contributed by atoms with Crippen molar-refractivity contribution in [2.24, 2.45) is 0 Å². The van der Waals surface area contributed by atoms with E-state index < -0.39 is 0 Å². The van der Waals surface area contributed by atoms with Crippen molar-refractivity contribution >= 4 is 27.3 Å². The maximum absolute atomic E-state index is 4.36. The number of hydrogen-bond acceptors (Lipinski definition) is 2. The first kappa shape index (κ1) is 9.93. The van der Waals surface area contributed by atoms with Gasteiger partial charge >= 0.3 is 0 Å². The number of alkyl halides is 1. The standard InChI is InChI=1S/C10H11BrN2S/c1-2-8-7(6-11)10(13-12-8)9-4-3-5-14-9/h3-5H,2,6H2,1H3,(H,12,13). The first-order valence-electron chi connectivity index (χ1n) is 4.52. The highest BCUT2D eigenvalue weighted by molar-refractivity contribution is 9.08. The van der Waals surface area contributed by atoms with Gasteiger partial charge in [-0.3, -0.25) is 5.10 Å². The number of nitrogens with zero attached hydrogens (tertiary/aromatic N) is 1. The zero-order valence-corrected chi connectivity index (χ0v) is 10.3. The molecule has 0 amide bonds. The SMILES string of the molecule is CCc1[nH]nc(-c2cccs2)c1CBr. The highest BCUT2D eigenvalue weighted by Gasteiger charge is 2.12. The first-order valence-corrected chi connectivity index (χ1v) is 6.52. The summed E-state index contributed by atoms with van der Waals surface area (Å²) in [5.74, 6) is 0. The molecule has 2 aromatic heterocycles. The molecule has 0 saturated carbocycles. The Bertz CT molecular complexity index is 406. The highest BCUT2D eigenvalue weighted by Crippen LogP contribution is 2.29. The summed E-state index contributed by atoms with van der Waals surface area (Å²) in [7, 11) is 0. The van der Waals surface area contributed by atoms with Crippen LogP contribution < -0.4 is 0 Å². The molecule has 0 aliphatic heterocycles. The lowest BCUT2D eigenvalue weighted by Crippen LogP contribution is -1.86. The Kier molecular flexibility index (Phi) is 3.03. The number of nitrogens with one attached hydrogen (secondary N) is 1. The van der Waals surface area contributed by atoms with Crippen LogP contribution in [0.5, 0.6) is 0 Å². The van der Waals surface area contributed by atoms with E-state index in [1.807, 2.05) is 0 Å². The van der Waals surface area contributed by atoms with Crippen LogP contribution in [0, 0.1) is 0 Å². The van der Waals surface area contributed by atoms with Crippen molar-refractivity contribution in [3.8, 4) is 10.6 Å². The molecule has 1 N–H and O–H groups in total. The fourth-order valence-electron chi connectivity index (χ4n) is 1.45. The molecule has 2 aromatic rings. The third-order valence-corrected chi connectivity index (χ3v) is 3.63. The third kappa shape index (κ3) is 1.64. The smallest absolute Gasteiger partial charge is 0.106 e. The molecule has 74 valence electrons. The van der Waals surface area contributed by atoms with Gasteiger partial charge in [0.25, 0.3) is 0 Å². The summed E-state index contributed by atoms with van der Waals surface area (Å²) < 4.78 is 0. The second kappa shape index (κ2) is 4.28. The maximum atomic E-state index is 4.36. The summed E-state index contributed by atoms with van der Waals surface area (Å²) in [6.07, 6.45) is 0.999. The summed E-state index contributed by atoms with van der Waals surface area (Å²) in [4.78, 5) is 1.23. The predicted molar refractivity (Wildman–Crippen MR) is 63.9 cm³/mol. The minimum absolute atomic E-state index is 0.861. The van der Waals surface area contributed by atoms with E-state index >= 15 is 0 Å². The average molecular weight is 271 g/mol. The molecule has 0 bridgehead atoms. The summed E-state index contributed by atoms with van der Waals surface area (Å²) in [6.45, 7) is 2.14. The number of H-pyrrole nitrogens is 1. The van der Waals surface area contributed by atoms with Gasteiger partial charge < -0.3 is 0 Å². The van der Waals surface area contributed by atoms with Crippen LogP contribution >= 0.6 is 27.3 Å². The van der Waals surface area contributed by atoms with E-state index in [9.17, 15) is 0 Å². The van der Waals surface area contributed by atoms with Gasteiger partial charge in [-0.2, -0.15) is 5.10 Å². The summed E-state index contributed by atoms with van der Waals surface area (Å²) in [5.41, 5.74) is 3.61. The summed E-state index contributed by atoms with van der Waals surface area (Å²) in [6, 6.07) is 4.16. The molecule has 0 radical (unpaired) electrons. The molecule has 0 aromatic carbocycles. The average Bonchev–Trinajstić information content (AvgIpc) is 2.85. The fourth-order valence-corrected chi connectivity index (χ4v) is 2.80. The van der Waals surface area contributed by atoms with Crippen molar-refractivity contribution in [3.05, 3.63) is 28.8 Å². The van der Waals surface area contributed by atoms with Gasteiger partial charge in [0.15, 0.2) is 0 Å². The van der Waals surface area contributed by atoms with Gasteiger partial charge in [-0.15, -0.1) is 11.3 Å². The highest BCUT2D eigenvalue weighted by atomic mass is 79.9. The van der Waals surface area contributed by atoms with Crippen LogP contribution in [-0.4, -0.2) is 10.2 Å². The molecule has 2 heterocycles. The minimum atomic E-state index is 0.861.